The van der Waals surface area contributed by atoms with Gasteiger partial charge in [0.25, 0.3) is 0 Å². The van der Waals surface area contributed by atoms with Crippen molar-refractivity contribution in [3.8, 4) is 11.5 Å². The lowest BCUT2D eigenvalue weighted by atomic mass is 9.76. The smallest absolute Gasteiger partial charge is 0.160 e. The Hall–Kier alpha value is -3.44. The number of phenols is 1. The topological polar surface area (TPSA) is 70.6 Å². The fourth-order valence-corrected chi connectivity index (χ4v) is 4.93. The highest BCUT2D eigenvalue weighted by molar-refractivity contribution is 6.31. The summed E-state index contributed by atoms with van der Waals surface area (Å²) in [5.41, 5.74) is 4.38. The molecule has 162 valence electrons. The molecule has 0 radical (unpaired) electrons. The maximum Gasteiger partial charge on any atom is 0.160 e. The first-order valence-corrected chi connectivity index (χ1v) is 10.9. The van der Waals surface area contributed by atoms with Crippen molar-refractivity contribution in [1.82, 2.24) is 0 Å². The van der Waals surface area contributed by atoms with Crippen LogP contribution in [-0.2, 0) is 4.79 Å². The predicted molar refractivity (Wildman–Crippen MR) is 126 cm³/mol. The lowest BCUT2D eigenvalue weighted by Gasteiger charge is -2.32. The molecular formula is C26H23ClN2O3. The van der Waals surface area contributed by atoms with Crippen LogP contribution in [0.15, 0.2) is 78.5 Å². The average Bonchev–Trinajstić information content (AvgIpc) is 2.96. The molecule has 1 heterocycles. The zero-order valence-electron chi connectivity index (χ0n) is 17.5. The first-order chi connectivity index (χ1) is 15.5. The number of para-hydroxylation sites is 2. The van der Waals surface area contributed by atoms with E-state index < -0.39 is 5.92 Å². The van der Waals surface area contributed by atoms with E-state index in [1.54, 1.807) is 12.1 Å². The van der Waals surface area contributed by atoms with Crippen molar-refractivity contribution in [2.75, 3.05) is 17.7 Å². The van der Waals surface area contributed by atoms with Gasteiger partial charge in [0.1, 0.15) is 5.78 Å². The molecule has 2 aliphatic rings. The van der Waals surface area contributed by atoms with Crippen molar-refractivity contribution in [1.29, 1.82) is 0 Å². The average molecular weight is 447 g/mol. The molecule has 0 fully saturated rings. The molecular weight excluding hydrogens is 424 g/mol. The summed E-state index contributed by atoms with van der Waals surface area (Å²) >= 11 is 6.45. The minimum Gasteiger partial charge on any atom is -0.504 e. The number of carbonyl (C=O) groups is 1. The molecule has 0 amide bonds. The molecule has 5 nitrogen and oxygen atoms in total. The number of rotatable bonds is 3. The second kappa shape index (κ2) is 8.24. The SMILES string of the molecule is COc1ccc(C2Nc3ccccc3NC3=CC(c4ccccc4Cl)CC(=O)C32)cc1O. The van der Waals surface area contributed by atoms with Gasteiger partial charge in [-0.1, -0.05) is 54.1 Å². The number of benzene rings is 3. The maximum absolute atomic E-state index is 13.6. The number of nitrogens with one attached hydrogen (secondary N) is 2. The second-order valence-corrected chi connectivity index (χ2v) is 8.53. The van der Waals surface area contributed by atoms with Gasteiger partial charge in [0, 0.05) is 23.1 Å². The Morgan fingerprint density at radius 2 is 1.78 bits per heavy atom. The van der Waals surface area contributed by atoms with E-state index in [9.17, 15) is 9.90 Å². The van der Waals surface area contributed by atoms with E-state index >= 15 is 0 Å². The van der Waals surface area contributed by atoms with Gasteiger partial charge in [0.15, 0.2) is 11.5 Å². The number of anilines is 2. The predicted octanol–water partition coefficient (Wildman–Crippen LogP) is 5.89. The molecule has 6 heteroatoms. The van der Waals surface area contributed by atoms with Gasteiger partial charge in [-0.2, -0.15) is 0 Å². The lowest BCUT2D eigenvalue weighted by Crippen LogP contribution is -2.33. The number of hydrogen-bond donors (Lipinski definition) is 3. The number of Topliss-reactive ketones (excluding diaryl/α,β-unsaturated/α-hetero) is 1. The third-order valence-electron chi connectivity index (χ3n) is 6.20. The van der Waals surface area contributed by atoms with Gasteiger partial charge in [-0.15, -0.1) is 0 Å². The molecule has 3 aromatic carbocycles. The van der Waals surface area contributed by atoms with Gasteiger partial charge in [-0.05, 0) is 41.5 Å². The second-order valence-electron chi connectivity index (χ2n) is 8.12. The Kier molecular flexibility index (Phi) is 5.27. The van der Waals surface area contributed by atoms with Crippen LogP contribution in [0.25, 0.3) is 0 Å². The summed E-state index contributed by atoms with van der Waals surface area (Å²) in [4.78, 5) is 13.6. The van der Waals surface area contributed by atoms with E-state index in [1.807, 2.05) is 54.6 Å². The van der Waals surface area contributed by atoms with Crippen molar-refractivity contribution in [3.05, 3.63) is 94.7 Å². The summed E-state index contributed by atoms with van der Waals surface area (Å²) < 4.78 is 5.20. The van der Waals surface area contributed by atoms with E-state index in [0.29, 0.717) is 17.2 Å². The number of aromatic hydroxyl groups is 1. The fourth-order valence-electron chi connectivity index (χ4n) is 4.66. The number of allylic oxidation sites excluding steroid dienone is 1. The van der Waals surface area contributed by atoms with E-state index in [0.717, 1.165) is 28.2 Å². The minimum absolute atomic E-state index is 0.0417. The van der Waals surface area contributed by atoms with Crippen LogP contribution in [0.4, 0.5) is 11.4 Å². The number of ether oxygens (including phenoxy) is 1. The number of ketones is 1. The molecule has 3 aromatic rings. The number of hydrogen-bond acceptors (Lipinski definition) is 5. The summed E-state index contributed by atoms with van der Waals surface area (Å²) in [6, 6.07) is 20.4. The highest BCUT2D eigenvalue weighted by Gasteiger charge is 2.40. The van der Waals surface area contributed by atoms with Crippen molar-refractivity contribution < 1.29 is 14.6 Å². The quantitative estimate of drug-likeness (QED) is 0.468. The molecule has 5 rings (SSSR count). The third-order valence-corrected chi connectivity index (χ3v) is 6.55. The largest absolute Gasteiger partial charge is 0.504 e. The van der Waals surface area contributed by atoms with Crippen LogP contribution < -0.4 is 15.4 Å². The van der Waals surface area contributed by atoms with Crippen molar-refractivity contribution in [2.24, 2.45) is 5.92 Å². The summed E-state index contributed by atoms with van der Waals surface area (Å²) in [6.45, 7) is 0. The Balaban J connectivity index is 1.63. The number of phenolic OH excluding ortho intramolecular Hbond substituents is 1. The van der Waals surface area contributed by atoms with Gasteiger partial charge in [-0.3, -0.25) is 4.79 Å². The molecule has 0 saturated carbocycles. The zero-order valence-corrected chi connectivity index (χ0v) is 18.3. The third kappa shape index (κ3) is 3.59. The Labute approximate surface area is 191 Å². The standard InChI is InChI=1S/C26H23ClN2O3/c1-32-24-11-10-15(13-22(24)30)26-25-21(28-19-8-4-5-9-20(19)29-26)12-16(14-23(25)31)17-6-2-3-7-18(17)27/h2-13,16,25-26,28-30H,14H2,1H3. The number of halogens is 1. The van der Waals surface area contributed by atoms with Crippen LogP contribution in [-0.4, -0.2) is 18.0 Å². The minimum atomic E-state index is -0.436. The van der Waals surface area contributed by atoms with Gasteiger partial charge in [-0.25, -0.2) is 0 Å². The van der Waals surface area contributed by atoms with Crippen LogP contribution in [0.1, 0.15) is 29.5 Å². The fraction of sp³-hybridized carbons (Fsp3) is 0.192. The molecule has 0 spiro atoms. The van der Waals surface area contributed by atoms with Gasteiger partial charge in [0.05, 0.1) is 30.4 Å². The van der Waals surface area contributed by atoms with E-state index in [2.05, 4.69) is 16.7 Å². The van der Waals surface area contributed by atoms with Gasteiger partial charge < -0.3 is 20.5 Å². The number of fused-ring (bicyclic) bond motifs is 2. The highest BCUT2D eigenvalue weighted by atomic mass is 35.5. The molecule has 1 aliphatic carbocycles. The summed E-state index contributed by atoms with van der Waals surface area (Å²) in [6.07, 6.45) is 2.48. The number of carbonyl (C=O) groups excluding carboxylic acids is 1. The summed E-state index contributed by atoms with van der Waals surface area (Å²) in [7, 11) is 1.51. The van der Waals surface area contributed by atoms with Gasteiger partial charge >= 0.3 is 0 Å². The highest BCUT2D eigenvalue weighted by Crippen LogP contribution is 2.46. The van der Waals surface area contributed by atoms with Crippen LogP contribution in [0.2, 0.25) is 5.02 Å². The first-order valence-electron chi connectivity index (χ1n) is 10.5. The Bertz CT molecular complexity index is 1220. The molecule has 3 N–H and O–H groups in total. The molecule has 32 heavy (non-hydrogen) atoms. The van der Waals surface area contributed by atoms with E-state index in [4.69, 9.17) is 16.3 Å². The molecule has 0 aromatic heterocycles. The number of methoxy groups -OCH3 is 1. The molecule has 3 unspecified atom stereocenters. The monoisotopic (exact) mass is 446 g/mol. The molecule has 0 saturated heterocycles. The Morgan fingerprint density at radius 3 is 2.53 bits per heavy atom. The maximum atomic E-state index is 13.6. The Morgan fingerprint density at radius 1 is 1.03 bits per heavy atom. The summed E-state index contributed by atoms with van der Waals surface area (Å²) in [5, 5.41) is 18.1. The zero-order chi connectivity index (χ0) is 22.2. The van der Waals surface area contributed by atoms with Crippen LogP contribution in [0.3, 0.4) is 0 Å². The molecule has 0 bridgehead atoms. The molecule has 1 aliphatic heterocycles. The van der Waals surface area contributed by atoms with Crippen LogP contribution >= 0.6 is 11.6 Å². The van der Waals surface area contributed by atoms with Crippen LogP contribution in [0, 0.1) is 5.92 Å². The van der Waals surface area contributed by atoms with Crippen molar-refractivity contribution in [3.63, 3.8) is 0 Å². The lowest BCUT2D eigenvalue weighted by molar-refractivity contribution is -0.122. The normalized spacial score (nSPS) is 21.9. The van der Waals surface area contributed by atoms with Crippen LogP contribution in [0.5, 0.6) is 11.5 Å². The first kappa shape index (κ1) is 20.5. The van der Waals surface area contributed by atoms with E-state index in [-0.39, 0.29) is 23.5 Å². The van der Waals surface area contributed by atoms with E-state index in [1.165, 1.54) is 7.11 Å². The summed E-state index contributed by atoms with van der Waals surface area (Å²) in [5.74, 6) is 0.00467. The van der Waals surface area contributed by atoms with Gasteiger partial charge in [0.2, 0.25) is 0 Å². The van der Waals surface area contributed by atoms with Crippen molar-refractivity contribution in [2.45, 2.75) is 18.4 Å². The molecule has 3 atom stereocenters. The van der Waals surface area contributed by atoms with Crippen molar-refractivity contribution >= 4 is 28.8 Å².